The molecule has 1 N–H and O–H groups in total. The molecule has 0 bridgehead atoms. The van der Waals surface area contributed by atoms with E-state index in [0.717, 1.165) is 5.56 Å². The smallest absolute Gasteiger partial charge is 0.248 e. The Labute approximate surface area is 171 Å². The molecular formula is C22H14Cl2N2O2. The van der Waals surface area contributed by atoms with Crippen molar-refractivity contribution in [3.8, 4) is 11.5 Å². The molecule has 0 saturated carbocycles. The molecule has 0 spiro atoms. The first-order valence-electron chi connectivity index (χ1n) is 8.48. The van der Waals surface area contributed by atoms with Crippen LogP contribution in [-0.2, 0) is 4.79 Å². The topological polar surface area (TPSA) is 55.1 Å². The standard InChI is InChI=1S/C22H14Cl2N2O2/c23-15-7-9-18(24)17(12-15)22-26-19-13-16(8-10-20(19)28-22)25-21(27)11-6-14-4-2-1-3-5-14/h1-13H,(H,25,27)/b11-6-. The van der Waals surface area contributed by atoms with Gasteiger partial charge in [0.05, 0.1) is 10.6 Å². The summed E-state index contributed by atoms with van der Waals surface area (Å²) in [6, 6.07) is 20.0. The molecule has 1 heterocycles. The summed E-state index contributed by atoms with van der Waals surface area (Å²) in [6.07, 6.45) is 3.24. The molecular weight excluding hydrogens is 395 g/mol. The van der Waals surface area contributed by atoms with Gasteiger partial charge in [-0.15, -0.1) is 0 Å². The van der Waals surface area contributed by atoms with Crippen LogP contribution in [0.4, 0.5) is 5.69 Å². The zero-order chi connectivity index (χ0) is 19.5. The Balaban J connectivity index is 1.56. The van der Waals surface area contributed by atoms with Gasteiger partial charge in [-0.05, 0) is 48.0 Å². The predicted octanol–water partition coefficient (Wildman–Crippen LogP) is 6.45. The zero-order valence-electron chi connectivity index (χ0n) is 14.5. The molecule has 3 aromatic carbocycles. The molecule has 1 amide bonds. The molecule has 4 aromatic rings. The number of carbonyl (C=O) groups is 1. The second kappa shape index (κ2) is 7.89. The van der Waals surface area contributed by atoms with Crippen LogP contribution in [-0.4, -0.2) is 10.9 Å². The third-order valence-corrected chi connectivity index (χ3v) is 4.61. The van der Waals surface area contributed by atoms with Crippen molar-refractivity contribution in [2.45, 2.75) is 0 Å². The number of hydrogen-bond acceptors (Lipinski definition) is 3. The molecule has 0 unspecified atom stereocenters. The minimum atomic E-state index is -0.232. The monoisotopic (exact) mass is 408 g/mol. The molecule has 0 radical (unpaired) electrons. The number of hydrogen-bond donors (Lipinski definition) is 1. The zero-order valence-corrected chi connectivity index (χ0v) is 16.0. The summed E-state index contributed by atoms with van der Waals surface area (Å²) in [5.74, 6) is 0.139. The van der Waals surface area contributed by atoms with Gasteiger partial charge in [-0.25, -0.2) is 4.98 Å². The first-order valence-corrected chi connectivity index (χ1v) is 9.24. The first-order chi connectivity index (χ1) is 13.6. The maximum absolute atomic E-state index is 12.2. The van der Waals surface area contributed by atoms with Crippen LogP contribution in [0.2, 0.25) is 10.0 Å². The molecule has 0 aliphatic heterocycles. The van der Waals surface area contributed by atoms with Gasteiger partial charge in [0, 0.05) is 16.8 Å². The van der Waals surface area contributed by atoms with Crippen molar-refractivity contribution >= 4 is 52.0 Å². The van der Waals surface area contributed by atoms with E-state index in [2.05, 4.69) is 10.3 Å². The van der Waals surface area contributed by atoms with E-state index in [9.17, 15) is 4.79 Å². The number of halogens is 2. The SMILES string of the molecule is O=C(/C=C\c1ccccc1)Nc1ccc2oc(-c3cc(Cl)ccc3Cl)nc2c1. The molecule has 0 aliphatic carbocycles. The van der Waals surface area contributed by atoms with E-state index in [1.165, 1.54) is 6.08 Å². The van der Waals surface area contributed by atoms with Crippen molar-refractivity contribution in [3.63, 3.8) is 0 Å². The van der Waals surface area contributed by atoms with Crippen molar-refractivity contribution in [1.29, 1.82) is 0 Å². The molecule has 6 heteroatoms. The summed E-state index contributed by atoms with van der Waals surface area (Å²) in [4.78, 5) is 16.6. The van der Waals surface area contributed by atoms with Crippen molar-refractivity contribution in [1.82, 2.24) is 4.98 Å². The number of carbonyl (C=O) groups excluding carboxylic acids is 1. The van der Waals surface area contributed by atoms with Gasteiger partial charge in [-0.3, -0.25) is 4.79 Å². The Kier molecular flexibility index (Phi) is 5.15. The van der Waals surface area contributed by atoms with Gasteiger partial charge in [-0.2, -0.15) is 0 Å². The molecule has 28 heavy (non-hydrogen) atoms. The normalized spacial score (nSPS) is 11.2. The van der Waals surface area contributed by atoms with Gasteiger partial charge < -0.3 is 9.73 Å². The van der Waals surface area contributed by atoms with E-state index < -0.39 is 0 Å². The van der Waals surface area contributed by atoms with Gasteiger partial charge in [0.25, 0.3) is 0 Å². The highest BCUT2D eigenvalue weighted by Crippen LogP contribution is 2.32. The number of benzene rings is 3. The molecule has 138 valence electrons. The number of oxazole rings is 1. The second-order valence-electron chi connectivity index (χ2n) is 6.06. The van der Waals surface area contributed by atoms with E-state index in [-0.39, 0.29) is 5.91 Å². The van der Waals surface area contributed by atoms with Crippen LogP contribution in [0.25, 0.3) is 28.6 Å². The fourth-order valence-electron chi connectivity index (χ4n) is 2.70. The summed E-state index contributed by atoms with van der Waals surface area (Å²) in [7, 11) is 0. The summed E-state index contributed by atoms with van der Waals surface area (Å²) < 4.78 is 5.77. The average molecular weight is 409 g/mol. The van der Waals surface area contributed by atoms with Crippen molar-refractivity contribution in [2.24, 2.45) is 0 Å². The number of anilines is 1. The number of nitrogens with one attached hydrogen (secondary N) is 1. The van der Waals surface area contributed by atoms with Gasteiger partial charge in [0.15, 0.2) is 5.58 Å². The van der Waals surface area contributed by atoms with Crippen LogP contribution >= 0.6 is 23.2 Å². The highest BCUT2D eigenvalue weighted by molar-refractivity contribution is 6.35. The van der Waals surface area contributed by atoms with E-state index in [0.29, 0.717) is 38.3 Å². The fourth-order valence-corrected chi connectivity index (χ4v) is 3.07. The van der Waals surface area contributed by atoms with E-state index in [1.807, 2.05) is 30.3 Å². The van der Waals surface area contributed by atoms with E-state index in [4.69, 9.17) is 27.6 Å². The minimum Gasteiger partial charge on any atom is -0.436 e. The van der Waals surface area contributed by atoms with Crippen LogP contribution in [0, 0.1) is 0 Å². The summed E-state index contributed by atoms with van der Waals surface area (Å²) in [5, 5.41) is 3.86. The number of nitrogens with zero attached hydrogens (tertiary/aromatic N) is 1. The van der Waals surface area contributed by atoms with Crippen LogP contribution in [0.3, 0.4) is 0 Å². The fraction of sp³-hybridized carbons (Fsp3) is 0. The van der Waals surface area contributed by atoms with E-state index in [1.54, 1.807) is 42.5 Å². The van der Waals surface area contributed by atoms with Crippen LogP contribution in [0.1, 0.15) is 5.56 Å². The van der Waals surface area contributed by atoms with Gasteiger partial charge in [0.1, 0.15) is 5.52 Å². The van der Waals surface area contributed by atoms with Gasteiger partial charge in [0.2, 0.25) is 11.8 Å². The Morgan fingerprint density at radius 3 is 2.64 bits per heavy atom. The summed E-state index contributed by atoms with van der Waals surface area (Å²) in [5.41, 5.74) is 3.38. The van der Waals surface area contributed by atoms with Crippen LogP contribution < -0.4 is 5.32 Å². The molecule has 0 atom stereocenters. The molecule has 0 saturated heterocycles. The van der Waals surface area contributed by atoms with Crippen LogP contribution in [0.5, 0.6) is 0 Å². The Bertz CT molecular complexity index is 1180. The largest absolute Gasteiger partial charge is 0.436 e. The van der Waals surface area contributed by atoms with Gasteiger partial charge in [-0.1, -0.05) is 53.5 Å². The Hall–Kier alpha value is -3.08. The number of rotatable bonds is 4. The van der Waals surface area contributed by atoms with E-state index >= 15 is 0 Å². The van der Waals surface area contributed by atoms with Crippen LogP contribution in [0.15, 0.2) is 77.2 Å². The minimum absolute atomic E-state index is 0.232. The summed E-state index contributed by atoms with van der Waals surface area (Å²) in [6.45, 7) is 0. The highest BCUT2D eigenvalue weighted by Gasteiger charge is 2.13. The quantitative estimate of drug-likeness (QED) is 0.394. The lowest BCUT2D eigenvalue weighted by Gasteiger charge is -2.01. The van der Waals surface area contributed by atoms with Crippen molar-refractivity contribution in [2.75, 3.05) is 5.32 Å². The Morgan fingerprint density at radius 2 is 1.82 bits per heavy atom. The average Bonchev–Trinajstić information content (AvgIpc) is 3.12. The lowest BCUT2D eigenvalue weighted by atomic mass is 10.2. The molecule has 0 fully saturated rings. The maximum atomic E-state index is 12.2. The third-order valence-electron chi connectivity index (χ3n) is 4.04. The van der Waals surface area contributed by atoms with Crippen molar-refractivity contribution in [3.05, 3.63) is 88.4 Å². The molecule has 0 aliphatic rings. The molecule has 4 rings (SSSR count). The van der Waals surface area contributed by atoms with Crippen molar-refractivity contribution < 1.29 is 9.21 Å². The number of aromatic nitrogens is 1. The molecule has 1 aromatic heterocycles. The Morgan fingerprint density at radius 1 is 1.00 bits per heavy atom. The lowest BCUT2D eigenvalue weighted by molar-refractivity contribution is -0.111. The number of amides is 1. The number of fused-ring (bicyclic) bond motifs is 1. The second-order valence-corrected chi connectivity index (χ2v) is 6.90. The van der Waals surface area contributed by atoms with Gasteiger partial charge >= 0.3 is 0 Å². The lowest BCUT2D eigenvalue weighted by Crippen LogP contribution is -2.07. The predicted molar refractivity (Wildman–Crippen MR) is 114 cm³/mol. The first kappa shape index (κ1) is 18.3. The summed E-state index contributed by atoms with van der Waals surface area (Å²) >= 11 is 12.3. The third kappa shape index (κ3) is 4.09. The molecule has 4 nitrogen and oxygen atoms in total. The highest BCUT2D eigenvalue weighted by atomic mass is 35.5. The maximum Gasteiger partial charge on any atom is 0.248 e.